The van der Waals surface area contributed by atoms with Crippen molar-refractivity contribution in [1.82, 2.24) is 10.2 Å². The number of piperidine rings is 1. The van der Waals surface area contributed by atoms with E-state index >= 15 is 0 Å². The molecule has 0 spiro atoms. The van der Waals surface area contributed by atoms with Crippen molar-refractivity contribution in [2.45, 2.75) is 32.9 Å². The fraction of sp³-hybridized carbons (Fsp3) is 0.391. The van der Waals surface area contributed by atoms with Gasteiger partial charge in [0.05, 0.1) is 12.2 Å². The molecule has 0 saturated carbocycles. The van der Waals surface area contributed by atoms with Crippen LogP contribution in [-0.4, -0.2) is 36.4 Å². The quantitative estimate of drug-likeness (QED) is 0.749. The van der Waals surface area contributed by atoms with Crippen molar-refractivity contribution in [3.63, 3.8) is 0 Å². The molecule has 1 aliphatic rings. The maximum atomic E-state index is 13.8. The highest BCUT2D eigenvalue weighted by Gasteiger charge is 2.28. The molecule has 1 N–H and O–H groups in total. The molecule has 1 aliphatic heterocycles. The summed E-state index contributed by atoms with van der Waals surface area (Å²) in [5.74, 6) is -2.30. The van der Waals surface area contributed by atoms with Crippen molar-refractivity contribution < 1.29 is 23.1 Å². The van der Waals surface area contributed by atoms with Crippen molar-refractivity contribution in [1.29, 1.82) is 0 Å². The Balaban J connectivity index is 1.46. The van der Waals surface area contributed by atoms with Gasteiger partial charge in [-0.3, -0.25) is 9.59 Å². The highest BCUT2D eigenvalue weighted by Crippen LogP contribution is 2.21. The molecular formula is C23H26F2N2O3. The monoisotopic (exact) mass is 416 g/mol. The van der Waals surface area contributed by atoms with Crippen molar-refractivity contribution in [2.75, 3.05) is 19.7 Å². The lowest BCUT2D eigenvalue weighted by molar-refractivity contribution is -0.126. The Kier molecular flexibility index (Phi) is 7.52. The molecule has 3 rings (SSSR count). The van der Waals surface area contributed by atoms with Crippen LogP contribution in [-0.2, 0) is 22.7 Å². The second kappa shape index (κ2) is 10.3. The molecule has 30 heavy (non-hydrogen) atoms. The first-order valence-electron chi connectivity index (χ1n) is 10.2. The third-order valence-electron chi connectivity index (χ3n) is 5.28. The van der Waals surface area contributed by atoms with Gasteiger partial charge in [0.1, 0.15) is 11.6 Å². The van der Waals surface area contributed by atoms with Crippen LogP contribution in [0.2, 0.25) is 0 Å². The molecule has 0 radical (unpaired) electrons. The fourth-order valence-corrected chi connectivity index (χ4v) is 3.48. The van der Waals surface area contributed by atoms with Gasteiger partial charge in [-0.2, -0.15) is 0 Å². The molecule has 7 heteroatoms. The maximum absolute atomic E-state index is 13.8. The molecule has 2 aromatic rings. The van der Waals surface area contributed by atoms with Crippen LogP contribution in [0.15, 0.2) is 42.5 Å². The van der Waals surface area contributed by atoms with E-state index in [1.165, 1.54) is 4.90 Å². The predicted molar refractivity (Wildman–Crippen MR) is 109 cm³/mol. The lowest BCUT2D eigenvalue weighted by Gasteiger charge is -2.31. The predicted octanol–water partition coefficient (Wildman–Crippen LogP) is 3.67. The Morgan fingerprint density at radius 1 is 1.07 bits per heavy atom. The van der Waals surface area contributed by atoms with Crippen LogP contribution in [0, 0.1) is 17.6 Å². The first kappa shape index (κ1) is 21.9. The van der Waals surface area contributed by atoms with Gasteiger partial charge in [-0.15, -0.1) is 0 Å². The number of halogens is 2. The summed E-state index contributed by atoms with van der Waals surface area (Å²) in [5.41, 5.74) is 1.94. The summed E-state index contributed by atoms with van der Waals surface area (Å²) in [5, 5.41) is 2.95. The third kappa shape index (κ3) is 5.63. The van der Waals surface area contributed by atoms with Gasteiger partial charge in [-0.05, 0) is 43.0 Å². The lowest BCUT2D eigenvalue weighted by atomic mass is 9.95. The smallest absolute Gasteiger partial charge is 0.256 e. The Morgan fingerprint density at radius 2 is 1.73 bits per heavy atom. The van der Waals surface area contributed by atoms with E-state index in [9.17, 15) is 18.4 Å². The average Bonchev–Trinajstić information content (AvgIpc) is 2.76. The molecule has 1 heterocycles. The minimum absolute atomic E-state index is 0.0477. The molecule has 0 bridgehead atoms. The Morgan fingerprint density at radius 3 is 2.37 bits per heavy atom. The zero-order valence-corrected chi connectivity index (χ0v) is 17.0. The first-order chi connectivity index (χ1) is 14.5. The van der Waals surface area contributed by atoms with E-state index in [1.54, 1.807) is 0 Å². The van der Waals surface area contributed by atoms with Gasteiger partial charge in [0.2, 0.25) is 5.91 Å². The average molecular weight is 416 g/mol. The second-order valence-corrected chi connectivity index (χ2v) is 7.36. The molecule has 0 unspecified atom stereocenters. The van der Waals surface area contributed by atoms with Crippen LogP contribution < -0.4 is 5.32 Å². The Hall–Kier alpha value is -2.80. The number of hydrogen-bond acceptors (Lipinski definition) is 3. The molecule has 0 aromatic heterocycles. The zero-order valence-electron chi connectivity index (χ0n) is 17.0. The van der Waals surface area contributed by atoms with Crippen molar-refractivity contribution in [2.24, 2.45) is 5.92 Å². The second-order valence-electron chi connectivity index (χ2n) is 7.36. The van der Waals surface area contributed by atoms with Crippen LogP contribution in [0.25, 0.3) is 0 Å². The van der Waals surface area contributed by atoms with Crippen molar-refractivity contribution in [3.05, 3.63) is 70.8 Å². The Bertz CT molecular complexity index is 879. The van der Waals surface area contributed by atoms with Crippen LogP contribution in [0.1, 0.15) is 41.3 Å². The van der Waals surface area contributed by atoms with Crippen LogP contribution >= 0.6 is 0 Å². The molecule has 1 fully saturated rings. The zero-order chi connectivity index (χ0) is 21.5. The van der Waals surface area contributed by atoms with Gasteiger partial charge < -0.3 is 15.0 Å². The molecule has 2 aromatic carbocycles. The summed E-state index contributed by atoms with van der Waals surface area (Å²) in [6.07, 6.45) is 1.02. The summed E-state index contributed by atoms with van der Waals surface area (Å²) in [7, 11) is 0. The lowest BCUT2D eigenvalue weighted by Crippen LogP contribution is -2.43. The van der Waals surface area contributed by atoms with Gasteiger partial charge in [0.25, 0.3) is 5.91 Å². The summed E-state index contributed by atoms with van der Waals surface area (Å²) in [6, 6.07) is 10.8. The number of carbonyl (C=O) groups is 2. The van der Waals surface area contributed by atoms with Crippen LogP contribution in [0.3, 0.4) is 0 Å². The summed E-state index contributed by atoms with van der Waals surface area (Å²) in [4.78, 5) is 26.5. The van der Waals surface area contributed by atoms with E-state index in [0.29, 0.717) is 51.8 Å². The minimum atomic E-state index is -0.868. The minimum Gasteiger partial charge on any atom is -0.377 e. The molecule has 0 atom stereocenters. The molecule has 0 aliphatic carbocycles. The number of hydrogen-bond donors (Lipinski definition) is 1. The fourth-order valence-electron chi connectivity index (χ4n) is 3.48. The number of amides is 2. The van der Waals surface area contributed by atoms with E-state index in [-0.39, 0.29) is 17.4 Å². The van der Waals surface area contributed by atoms with Crippen molar-refractivity contribution >= 4 is 11.8 Å². The van der Waals surface area contributed by atoms with E-state index in [0.717, 1.165) is 23.3 Å². The highest BCUT2D eigenvalue weighted by atomic mass is 19.1. The van der Waals surface area contributed by atoms with Crippen LogP contribution in [0.5, 0.6) is 0 Å². The van der Waals surface area contributed by atoms with Crippen LogP contribution in [0.4, 0.5) is 8.78 Å². The van der Waals surface area contributed by atoms with E-state index < -0.39 is 17.5 Å². The summed E-state index contributed by atoms with van der Waals surface area (Å²) < 4.78 is 32.3. The van der Waals surface area contributed by atoms with Crippen molar-refractivity contribution in [3.8, 4) is 0 Å². The van der Waals surface area contributed by atoms with Gasteiger partial charge in [-0.1, -0.05) is 24.3 Å². The van der Waals surface area contributed by atoms with E-state index in [4.69, 9.17) is 4.74 Å². The molecule has 1 saturated heterocycles. The highest BCUT2D eigenvalue weighted by molar-refractivity contribution is 5.94. The normalized spacial score (nSPS) is 14.6. The number of carbonyl (C=O) groups excluding carboxylic acids is 2. The Labute approximate surface area is 175 Å². The first-order valence-corrected chi connectivity index (χ1v) is 10.2. The summed E-state index contributed by atoms with van der Waals surface area (Å²) >= 11 is 0. The van der Waals surface area contributed by atoms with Gasteiger partial charge in [0.15, 0.2) is 0 Å². The number of rotatable bonds is 7. The number of ether oxygens (including phenoxy) is 1. The van der Waals surface area contributed by atoms with Gasteiger partial charge in [0, 0.05) is 38.2 Å². The third-order valence-corrected chi connectivity index (χ3v) is 5.28. The molecule has 5 nitrogen and oxygen atoms in total. The number of nitrogens with one attached hydrogen (secondary N) is 1. The van der Waals surface area contributed by atoms with Gasteiger partial charge >= 0.3 is 0 Å². The number of likely N-dealkylation sites (tertiary alicyclic amines) is 1. The largest absolute Gasteiger partial charge is 0.377 e. The molecule has 160 valence electrons. The maximum Gasteiger partial charge on any atom is 0.256 e. The number of benzene rings is 2. The SMILES string of the molecule is CCOCc1ccc(CNC(=O)C2CCN(C(=O)c3ccc(F)cc3F)CC2)cc1. The molecule has 2 amide bonds. The number of nitrogens with zero attached hydrogens (tertiary/aromatic N) is 1. The van der Waals surface area contributed by atoms with E-state index in [1.807, 2.05) is 31.2 Å². The standard InChI is InChI=1S/C23H26F2N2O3/c1-2-30-15-17-5-3-16(4-6-17)14-26-22(28)18-9-11-27(12-10-18)23(29)20-8-7-19(24)13-21(20)25/h3-8,13,18H,2,9-12,14-15H2,1H3,(H,26,28). The van der Waals surface area contributed by atoms with Gasteiger partial charge in [-0.25, -0.2) is 8.78 Å². The molecular weight excluding hydrogens is 390 g/mol. The summed E-state index contributed by atoms with van der Waals surface area (Å²) in [6.45, 7) is 4.35. The van der Waals surface area contributed by atoms with E-state index in [2.05, 4.69) is 5.32 Å². The topological polar surface area (TPSA) is 58.6 Å².